The zero-order chi connectivity index (χ0) is 26.2. The van der Waals surface area contributed by atoms with Crippen LogP contribution in [0.5, 0.6) is 5.75 Å². The van der Waals surface area contributed by atoms with E-state index < -0.39 is 0 Å². The molecule has 202 valence electrons. The number of carbonyl (C=O) groups is 1. The van der Waals surface area contributed by atoms with Gasteiger partial charge in [0.1, 0.15) is 11.9 Å². The van der Waals surface area contributed by atoms with Crippen LogP contribution in [0.2, 0.25) is 0 Å². The van der Waals surface area contributed by atoms with Crippen LogP contribution < -0.4 is 15.4 Å². The summed E-state index contributed by atoms with van der Waals surface area (Å²) in [7, 11) is 0. The van der Waals surface area contributed by atoms with Crippen LogP contribution in [0.1, 0.15) is 57.4 Å². The van der Waals surface area contributed by atoms with Gasteiger partial charge in [0.25, 0.3) is 0 Å². The second kappa shape index (κ2) is 10.7. The van der Waals surface area contributed by atoms with Gasteiger partial charge in [-0.2, -0.15) is 0 Å². The summed E-state index contributed by atoms with van der Waals surface area (Å²) in [6, 6.07) is 15.4. The van der Waals surface area contributed by atoms with Crippen molar-refractivity contribution in [2.45, 2.75) is 69.6 Å². The molecule has 2 aromatic heterocycles. The maximum atomic E-state index is 12.4. The van der Waals surface area contributed by atoms with E-state index in [2.05, 4.69) is 50.9 Å². The summed E-state index contributed by atoms with van der Waals surface area (Å²) in [6.07, 6.45) is 8.96. The number of anilines is 1. The topological polar surface area (TPSA) is 77.4 Å². The van der Waals surface area contributed by atoms with Crippen molar-refractivity contribution in [1.82, 2.24) is 14.9 Å². The van der Waals surface area contributed by atoms with Crippen molar-refractivity contribution in [3.63, 3.8) is 0 Å². The van der Waals surface area contributed by atoms with E-state index in [-0.39, 0.29) is 12.1 Å². The zero-order valence-corrected chi connectivity index (χ0v) is 22.8. The molecule has 7 nitrogen and oxygen atoms in total. The number of thiazole rings is 1. The predicted octanol–water partition coefficient (Wildman–Crippen LogP) is 7.39. The Morgan fingerprint density at radius 1 is 1.00 bits per heavy atom. The van der Waals surface area contributed by atoms with Gasteiger partial charge >= 0.3 is 6.03 Å². The molecule has 0 radical (unpaired) electrons. The summed E-state index contributed by atoms with van der Waals surface area (Å²) < 4.78 is 14.5. The predicted molar refractivity (Wildman–Crippen MR) is 156 cm³/mol. The van der Waals surface area contributed by atoms with Crippen LogP contribution in [0.25, 0.3) is 33.4 Å². The van der Waals surface area contributed by atoms with Crippen LogP contribution in [0, 0.1) is 0 Å². The Bertz CT molecular complexity index is 1450. The molecule has 3 aliphatic rings. The molecule has 2 amide bonds. The third kappa shape index (κ3) is 4.92. The van der Waals surface area contributed by atoms with Crippen molar-refractivity contribution in [2.24, 2.45) is 0 Å². The quantitative estimate of drug-likeness (QED) is 0.255. The maximum absolute atomic E-state index is 12.4. The highest BCUT2D eigenvalue weighted by atomic mass is 32.1. The molecule has 0 unspecified atom stereocenters. The molecule has 0 bridgehead atoms. The molecule has 39 heavy (non-hydrogen) atoms. The maximum Gasteiger partial charge on any atom is 0.319 e. The Balaban J connectivity index is 1.28. The van der Waals surface area contributed by atoms with E-state index in [0.29, 0.717) is 12.1 Å². The highest BCUT2D eigenvalue weighted by Crippen LogP contribution is 2.47. The summed E-state index contributed by atoms with van der Waals surface area (Å²) >= 11 is 1.62. The standard InChI is InChI=1S/C31H34N4O3S/c36-31(33-21-3-1-4-21)34-22-9-7-20(8-10-22)30-29(27-18-39-19-32-27)26-12-11-25(38-24-13-15-37-16-14-24)17-28(26)35(30)23-5-2-6-23/h7-12,17-19,21,23-24H,1-6,13-16H2,(H2,33,34,36). The number of fused-ring (bicyclic) bond motifs is 1. The van der Waals surface area contributed by atoms with Crippen LogP contribution in [0.4, 0.5) is 10.5 Å². The van der Waals surface area contributed by atoms with Gasteiger partial charge in [-0.1, -0.05) is 12.1 Å². The lowest BCUT2D eigenvalue weighted by atomic mass is 9.92. The van der Waals surface area contributed by atoms with Gasteiger partial charge in [0.2, 0.25) is 0 Å². The molecule has 7 rings (SSSR count). The van der Waals surface area contributed by atoms with Gasteiger partial charge in [-0.15, -0.1) is 11.3 Å². The number of carbonyl (C=O) groups excluding carboxylic acids is 1. The molecule has 2 N–H and O–H groups in total. The smallest absolute Gasteiger partial charge is 0.319 e. The summed E-state index contributed by atoms with van der Waals surface area (Å²) in [5.74, 6) is 0.917. The van der Waals surface area contributed by atoms with E-state index in [1.54, 1.807) is 11.3 Å². The Labute approximate surface area is 232 Å². The van der Waals surface area contributed by atoms with Crippen molar-refractivity contribution in [1.29, 1.82) is 0 Å². The minimum Gasteiger partial charge on any atom is -0.490 e. The second-order valence-corrected chi connectivity index (χ2v) is 11.7. The number of amides is 2. The van der Waals surface area contributed by atoms with Crippen LogP contribution in [-0.2, 0) is 4.74 Å². The van der Waals surface area contributed by atoms with Crippen molar-refractivity contribution in [3.8, 4) is 28.3 Å². The number of aromatic nitrogens is 2. The van der Waals surface area contributed by atoms with E-state index in [1.165, 1.54) is 47.8 Å². The first kappa shape index (κ1) is 24.7. The normalized spacial score (nSPS) is 18.5. The van der Waals surface area contributed by atoms with E-state index >= 15 is 0 Å². The van der Waals surface area contributed by atoms with Crippen LogP contribution in [0.3, 0.4) is 0 Å². The molecule has 1 saturated heterocycles. The highest BCUT2D eigenvalue weighted by Gasteiger charge is 2.29. The third-order valence-corrected chi connectivity index (χ3v) is 9.02. The number of hydrogen-bond acceptors (Lipinski definition) is 5. The Morgan fingerprint density at radius 2 is 1.79 bits per heavy atom. The van der Waals surface area contributed by atoms with Crippen LogP contribution in [0.15, 0.2) is 53.4 Å². The number of hydrogen-bond donors (Lipinski definition) is 2. The minimum absolute atomic E-state index is 0.128. The molecule has 3 fully saturated rings. The fourth-order valence-corrected chi connectivity index (χ4v) is 6.41. The molecule has 8 heteroatoms. The summed E-state index contributed by atoms with van der Waals surface area (Å²) in [5.41, 5.74) is 8.38. The lowest BCUT2D eigenvalue weighted by Gasteiger charge is -2.30. The lowest BCUT2D eigenvalue weighted by molar-refractivity contribution is 0.0256. The molecule has 0 atom stereocenters. The molecule has 4 aromatic rings. The van der Waals surface area contributed by atoms with Gasteiger partial charge in [-0.25, -0.2) is 9.78 Å². The lowest BCUT2D eigenvalue weighted by Crippen LogP contribution is -2.41. The molecule has 2 saturated carbocycles. The Hall–Kier alpha value is -3.36. The van der Waals surface area contributed by atoms with E-state index in [0.717, 1.165) is 61.6 Å². The molecule has 3 heterocycles. The van der Waals surface area contributed by atoms with Gasteiger partial charge in [0.15, 0.2) is 0 Å². The van der Waals surface area contributed by atoms with E-state index in [1.807, 2.05) is 17.6 Å². The summed E-state index contributed by atoms with van der Waals surface area (Å²) in [5, 5.41) is 9.39. The molecule has 2 aromatic carbocycles. The molecular weight excluding hydrogens is 508 g/mol. The number of nitrogens with zero attached hydrogens (tertiary/aromatic N) is 2. The summed E-state index contributed by atoms with van der Waals surface area (Å²) in [6.45, 7) is 1.52. The number of ether oxygens (including phenoxy) is 2. The minimum atomic E-state index is -0.128. The molecule has 2 aliphatic carbocycles. The first-order valence-electron chi connectivity index (χ1n) is 14.2. The summed E-state index contributed by atoms with van der Waals surface area (Å²) in [4.78, 5) is 17.2. The van der Waals surface area contributed by atoms with Crippen molar-refractivity contribution < 1.29 is 14.3 Å². The number of benzene rings is 2. The fourth-order valence-electron chi connectivity index (χ4n) is 5.87. The number of rotatable bonds is 7. The van der Waals surface area contributed by atoms with Crippen molar-refractivity contribution in [3.05, 3.63) is 53.4 Å². The van der Waals surface area contributed by atoms with Crippen molar-refractivity contribution in [2.75, 3.05) is 18.5 Å². The number of urea groups is 1. The second-order valence-electron chi connectivity index (χ2n) is 11.0. The molecule has 1 aliphatic heterocycles. The average Bonchev–Trinajstić information content (AvgIpc) is 3.53. The molecule has 0 spiro atoms. The average molecular weight is 543 g/mol. The van der Waals surface area contributed by atoms with E-state index in [9.17, 15) is 4.79 Å². The zero-order valence-electron chi connectivity index (χ0n) is 22.0. The van der Waals surface area contributed by atoms with Gasteiger partial charge < -0.3 is 24.7 Å². The number of nitrogens with one attached hydrogen (secondary N) is 2. The third-order valence-electron chi connectivity index (χ3n) is 8.43. The Morgan fingerprint density at radius 3 is 2.46 bits per heavy atom. The van der Waals surface area contributed by atoms with Gasteiger partial charge in [0.05, 0.1) is 35.6 Å². The SMILES string of the molecule is O=C(Nc1ccc(-c2c(-c3cscn3)c3ccc(OC4CCOCC4)cc3n2C2CCC2)cc1)NC1CCC1. The first-order chi connectivity index (χ1) is 19.2. The van der Waals surface area contributed by atoms with Gasteiger partial charge in [0, 0.05) is 53.0 Å². The fraction of sp³-hybridized carbons (Fsp3) is 0.419. The van der Waals surface area contributed by atoms with Gasteiger partial charge in [-0.05, 0) is 68.4 Å². The molecular formula is C31H34N4O3S. The van der Waals surface area contributed by atoms with Crippen molar-refractivity contribution >= 4 is 34.0 Å². The first-order valence-corrected chi connectivity index (χ1v) is 15.2. The highest BCUT2D eigenvalue weighted by molar-refractivity contribution is 7.07. The largest absolute Gasteiger partial charge is 0.490 e. The van der Waals surface area contributed by atoms with E-state index in [4.69, 9.17) is 14.5 Å². The Kier molecular flexibility index (Phi) is 6.74. The van der Waals surface area contributed by atoms with Crippen LogP contribution in [-0.4, -0.2) is 40.9 Å². The van der Waals surface area contributed by atoms with Crippen LogP contribution >= 0.6 is 11.3 Å². The van der Waals surface area contributed by atoms with Gasteiger partial charge in [-0.3, -0.25) is 0 Å². The monoisotopic (exact) mass is 542 g/mol.